The van der Waals surface area contributed by atoms with Crippen molar-refractivity contribution >= 4 is 39.1 Å². The number of Topliss-reactive ketones (excluding diaryl/α,β-unsaturated/α-hetero) is 1. The summed E-state index contributed by atoms with van der Waals surface area (Å²) in [7, 11) is 1.54. The van der Waals surface area contributed by atoms with Gasteiger partial charge in [-0.05, 0) is 60.5 Å². The summed E-state index contributed by atoms with van der Waals surface area (Å²) in [4.78, 5) is 31.8. The molecule has 1 unspecified atom stereocenters. The van der Waals surface area contributed by atoms with Crippen molar-refractivity contribution in [3.05, 3.63) is 93.7 Å². The van der Waals surface area contributed by atoms with Crippen molar-refractivity contribution in [2.24, 2.45) is 0 Å². The molecular weight excluding hydrogens is 460 g/mol. The van der Waals surface area contributed by atoms with Gasteiger partial charge >= 0.3 is 0 Å². The highest BCUT2D eigenvalue weighted by Crippen LogP contribution is 2.42. The minimum atomic E-state index is -0.814. The fourth-order valence-electron chi connectivity index (χ4n) is 3.59. The quantitative estimate of drug-likeness (QED) is 0.331. The van der Waals surface area contributed by atoms with E-state index in [4.69, 9.17) is 4.74 Å². The highest BCUT2D eigenvalue weighted by atomic mass is 79.9. The summed E-state index contributed by atoms with van der Waals surface area (Å²) in [6, 6.07) is 14.8. The third-order valence-corrected chi connectivity index (χ3v) is 6.10. The fraction of sp³-hybridized carbons (Fsp3) is 0.125. The average molecular weight is 479 g/mol. The summed E-state index contributed by atoms with van der Waals surface area (Å²) in [5, 5.41) is 11.1. The molecule has 1 saturated heterocycles. The second-order valence-corrected chi connectivity index (χ2v) is 7.97. The van der Waals surface area contributed by atoms with Gasteiger partial charge in [0.2, 0.25) is 0 Å². The minimum absolute atomic E-state index is 0.0138. The van der Waals surface area contributed by atoms with Crippen LogP contribution in [0.3, 0.4) is 0 Å². The Labute approximate surface area is 187 Å². The molecule has 2 heterocycles. The number of anilines is 1. The maximum atomic E-state index is 13.1. The molecule has 3 aromatic rings. The molecule has 0 bridgehead atoms. The van der Waals surface area contributed by atoms with E-state index in [-0.39, 0.29) is 11.3 Å². The highest BCUT2D eigenvalue weighted by Gasteiger charge is 2.47. The average Bonchev–Trinajstić information content (AvgIpc) is 3.06. The Hall–Kier alpha value is -3.45. The van der Waals surface area contributed by atoms with Gasteiger partial charge in [0, 0.05) is 28.1 Å². The Balaban J connectivity index is 1.92. The van der Waals surface area contributed by atoms with E-state index in [1.54, 1.807) is 68.0 Å². The van der Waals surface area contributed by atoms with Crippen LogP contribution in [-0.2, 0) is 9.59 Å². The number of aliphatic hydroxyl groups is 1. The van der Waals surface area contributed by atoms with Gasteiger partial charge in [-0.15, -0.1) is 0 Å². The lowest BCUT2D eigenvalue weighted by molar-refractivity contribution is -0.132. The zero-order valence-corrected chi connectivity index (χ0v) is 18.5. The van der Waals surface area contributed by atoms with Gasteiger partial charge in [0.15, 0.2) is 0 Å². The molecule has 31 heavy (non-hydrogen) atoms. The first-order chi connectivity index (χ1) is 14.9. The number of methoxy groups -OCH3 is 1. The van der Waals surface area contributed by atoms with Crippen molar-refractivity contribution in [2.75, 3.05) is 12.0 Å². The molecule has 1 aliphatic rings. The molecule has 1 N–H and O–H groups in total. The molecular formula is C24H19BrN2O4. The van der Waals surface area contributed by atoms with Crippen LogP contribution in [0.5, 0.6) is 5.75 Å². The van der Waals surface area contributed by atoms with Crippen LogP contribution < -0.4 is 9.64 Å². The fourth-order valence-corrected chi connectivity index (χ4v) is 3.95. The lowest BCUT2D eigenvalue weighted by atomic mass is 9.96. The number of benzene rings is 2. The van der Waals surface area contributed by atoms with Gasteiger partial charge in [-0.2, -0.15) is 0 Å². The lowest BCUT2D eigenvalue weighted by Gasteiger charge is -2.25. The Morgan fingerprint density at radius 2 is 1.87 bits per heavy atom. The Kier molecular flexibility index (Phi) is 5.61. The number of pyridine rings is 1. The number of hydrogen-bond donors (Lipinski definition) is 1. The number of amides is 1. The Morgan fingerprint density at radius 1 is 1.13 bits per heavy atom. The first kappa shape index (κ1) is 20.8. The molecule has 0 spiro atoms. The number of aryl methyl sites for hydroxylation is 1. The largest absolute Gasteiger partial charge is 0.507 e. The van der Waals surface area contributed by atoms with Crippen LogP contribution in [0.15, 0.2) is 77.0 Å². The third-order valence-electron chi connectivity index (χ3n) is 5.24. The van der Waals surface area contributed by atoms with Gasteiger partial charge in [0.25, 0.3) is 11.7 Å². The van der Waals surface area contributed by atoms with Gasteiger partial charge < -0.3 is 9.84 Å². The summed E-state index contributed by atoms with van der Waals surface area (Å²) in [6.45, 7) is 1.93. The van der Waals surface area contributed by atoms with Crippen molar-refractivity contribution in [1.82, 2.24) is 4.98 Å². The van der Waals surface area contributed by atoms with Crippen LogP contribution >= 0.6 is 15.9 Å². The predicted molar refractivity (Wildman–Crippen MR) is 121 cm³/mol. The van der Waals surface area contributed by atoms with Crippen LogP contribution in [0.4, 0.5) is 5.69 Å². The molecule has 0 saturated carbocycles. The van der Waals surface area contributed by atoms with E-state index in [1.807, 2.05) is 13.0 Å². The Morgan fingerprint density at radius 3 is 2.48 bits per heavy atom. The molecule has 2 aromatic carbocycles. The number of nitrogens with zero attached hydrogens (tertiary/aromatic N) is 2. The molecule has 1 amide bonds. The van der Waals surface area contributed by atoms with E-state index in [2.05, 4.69) is 20.9 Å². The van der Waals surface area contributed by atoms with E-state index in [0.29, 0.717) is 22.6 Å². The van der Waals surface area contributed by atoms with Crippen molar-refractivity contribution < 1.29 is 19.4 Å². The molecule has 7 heteroatoms. The smallest absolute Gasteiger partial charge is 0.300 e. The van der Waals surface area contributed by atoms with E-state index < -0.39 is 17.7 Å². The van der Waals surface area contributed by atoms with Crippen molar-refractivity contribution in [3.8, 4) is 5.75 Å². The number of ketones is 1. The third kappa shape index (κ3) is 3.72. The topological polar surface area (TPSA) is 79.7 Å². The van der Waals surface area contributed by atoms with E-state index >= 15 is 0 Å². The van der Waals surface area contributed by atoms with Crippen LogP contribution in [0.25, 0.3) is 5.76 Å². The molecule has 1 aromatic heterocycles. The van der Waals surface area contributed by atoms with Gasteiger partial charge in [0.1, 0.15) is 11.5 Å². The maximum absolute atomic E-state index is 13.1. The number of aromatic nitrogens is 1. The highest BCUT2D eigenvalue weighted by molar-refractivity contribution is 9.10. The maximum Gasteiger partial charge on any atom is 0.300 e. The standard InChI is InChI=1S/C24H19BrN2O4/c1-14-5-8-17(12-19(14)25)27-21(16-4-3-11-26-13-16)20(23(29)24(27)30)22(28)15-6-9-18(31-2)10-7-15/h3-13,21,28H,1-2H3/b22-20-. The molecule has 1 fully saturated rings. The zero-order valence-electron chi connectivity index (χ0n) is 16.9. The monoisotopic (exact) mass is 478 g/mol. The summed E-state index contributed by atoms with van der Waals surface area (Å²) >= 11 is 3.49. The number of ether oxygens (including phenoxy) is 1. The second-order valence-electron chi connectivity index (χ2n) is 7.12. The number of halogens is 1. The van der Waals surface area contributed by atoms with E-state index in [1.165, 1.54) is 4.90 Å². The number of hydrogen-bond acceptors (Lipinski definition) is 5. The summed E-state index contributed by atoms with van der Waals surface area (Å²) in [5.74, 6) is -1.09. The molecule has 4 rings (SSSR count). The van der Waals surface area contributed by atoms with Gasteiger partial charge in [-0.3, -0.25) is 19.5 Å². The van der Waals surface area contributed by atoms with Crippen molar-refractivity contribution in [3.63, 3.8) is 0 Å². The first-order valence-electron chi connectivity index (χ1n) is 9.54. The zero-order chi connectivity index (χ0) is 22.1. The number of carbonyl (C=O) groups excluding carboxylic acids is 2. The SMILES string of the molecule is COc1ccc(/C(O)=C2/C(=O)C(=O)N(c3ccc(C)c(Br)c3)C2c2cccnc2)cc1. The van der Waals surface area contributed by atoms with Crippen LogP contribution in [-0.4, -0.2) is 28.9 Å². The molecule has 1 aliphatic heterocycles. The van der Waals surface area contributed by atoms with Crippen LogP contribution in [0.1, 0.15) is 22.7 Å². The van der Waals surface area contributed by atoms with Crippen LogP contribution in [0.2, 0.25) is 0 Å². The normalized spacial score (nSPS) is 17.8. The number of carbonyl (C=O) groups is 2. The number of aliphatic hydroxyl groups excluding tert-OH is 1. The summed E-state index contributed by atoms with van der Waals surface area (Å²) in [6.07, 6.45) is 3.20. The lowest BCUT2D eigenvalue weighted by Crippen LogP contribution is -2.29. The van der Waals surface area contributed by atoms with Crippen LogP contribution in [0, 0.1) is 6.92 Å². The van der Waals surface area contributed by atoms with E-state index in [0.717, 1.165) is 10.0 Å². The summed E-state index contributed by atoms with van der Waals surface area (Å²) < 4.78 is 5.97. The van der Waals surface area contributed by atoms with Crippen molar-refractivity contribution in [1.29, 1.82) is 0 Å². The number of rotatable bonds is 4. The molecule has 1 atom stereocenters. The predicted octanol–water partition coefficient (Wildman–Crippen LogP) is 4.79. The van der Waals surface area contributed by atoms with Gasteiger partial charge in [-0.1, -0.05) is 28.1 Å². The van der Waals surface area contributed by atoms with Crippen molar-refractivity contribution in [2.45, 2.75) is 13.0 Å². The molecule has 6 nitrogen and oxygen atoms in total. The first-order valence-corrected chi connectivity index (χ1v) is 10.3. The molecule has 0 radical (unpaired) electrons. The molecule has 156 valence electrons. The summed E-state index contributed by atoms with van der Waals surface area (Å²) in [5.41, 5.74) is 2.59. The van der Waals surface area contributed by atoms with Gasteiger partial charge in [0.05, 0.1) is 18.7 Å². The van der Waals surface area contributed by atoms with Gasteiger partial charge in [-0.25, -0.2) is 0 Å². The minimum Gasteiger partial charge on any atom is -0.507 e. The second kappa shape index (κ2) is 8.35. The molecule has 0 aliphatic carbocycles. The van der Waals surface area contributed by atoms with E-state index in [9.17, 15) is 14.7 Å². The Bertz CT molecular complexity index is 1190.